The first kappa shape index (κ1) is 54.9. The number of phosphoric ester groups is 1. The van der Waals surface area contributed by atoms with Gasteiger partial charge in [-0.2, -0.15) is 0 Å². The van der Waals surface area contributed by atoms with Crippen LogP contribution in [0.3, 0.4) is 0 Å². The van der Waals surface area contributed by atoms with Crippen molar-refractivity contribution in [3.8, 4) is 0 Å². The van der Waals surface area contributed by atoms with Gasteiger partial charge in [0, 0.05) is 13.0 Å². The first-order chi connectivity index (χ1) is 27.6. The average Bonchev–Trinajstić information content (AvgIpc) is 3.16. The zero-order valence-electron chi connectivity index (χ0n) is 37.3. The van der Waals surface area contributed by atoms with E-state index < -0.39 is 13.9 Å². The quantitative estimate of drug-likeness (QED) is 0.0199. The van der Waals surface area contributed by atoms with Crippen molar-refractivity contribution < 1.29 is 37.3 Å². The van der Waals surface area contributed by atoms with Gasteiger partial charge in [-0.1, -0.05) is 177 Å². The number of carbonyl (C=O) groups is 1. The number of nitrogens with zero attached hydrogens (tertiary/aromatic N) is 1. The van der Waals surface area contributed by atoms with Gasteiger partial charge >= 0.3 is 5.97 Å². The summed E-state index contributed by atoms with van der Waals surface area (Å²) in [5.74, 6) is -0.355. The minimum Gasteiger partial charge on any atom is -0.756 e. The zero-order valence-corrected chi connectivity index (χ0v) is 38.2. The van der Waals surface area contributed by atoms with E-state index in [0.717, 1.165) is 70.6 Å². The van der Waals surface area contributed by atoms with Gasteiger partial charge in [0.05, 0.1) is 34.4 Å². The molecule has 9 heteroatoms. The summed E-state index contributed by atoms with van der Waals surface area (Å²) >= 11 is 0. The molecule has 0 amide bonds. The summed E-state index contributed by atoms with van der Waals surface area (Å²) < 4.78 is 34.5. The van der Waals surface area contributed by atoms with Crippen molar-refractivity contribution >= 4 is 13.8 Å². The van der Waals surface area contributed by atoms with Gasteiger partial charge in [-0.25, -0.2) is 0 Å². The second kappa shape index (κ2) is 40.7. The SMILES string of the molecule is CC/C=C\C/C=C\C/C=C\C/C=C\C/C=C\C/C=C\CCCOCC(COP(=O)([O-])OCC[N+](C)(C)C)OC(=O)CCCCCCCCCCCCCCCCC. The van der Waals surface area contributed by atoms with Crippen LogP contribution >= 0.6 is 7.82 Å². The molecule has 0 aromatic heterocycles. The van der Waals surface area contributed by atoms with E-state index >= 15 is 0 Å². The van der Waals surface area contributed by atoms with Crippen molar-refractivity contribution in [1.29, 1.82) is 0 Å². The fourth-order valence-corrected chi connectivity index (χ4v) is 6.53. The maximum Gasteiger partial charge on any atom is 0.306 e. The number of likely N-dealkylation sites (N-methyl/N-ethyl adjacent to an activating group) is 1. The topological polar surface area (TPSA) is 94.1 Å². The van der Waals surface area contributed by atoms with Crippen LogP contribution in [0.15, 0.2) is 72.9 Å². The molecule has 0 spiro atoms. The third-order valence-corrected chi connectivity index (χ3v) is 10.2. The van der Waals surface area contributed by atoms with Gasteiger partial charge in [0.1, 0.15) is 19.3 Å². The molecule has 0 N–H and O–H groups in total. The van der Waals surface area contributed by atoms with Crippen LogP contribution in [0.2, 0.25) is 0 Å². The van der Waals surface area contributed by atoms with Crippen LogP contribution in [-0.4, -0.2) is 70.7 Å². The second-order valence-corrected chi connectivity index (χ2v) is 17.4. The third kappa shape index (κ3) is 44.9. The molecular formula is C48H86NO7P. The van der Waals surface area contributed by atoms with Crippen LogP contribution < -0.4 is 4.89 Å². The minimum absolute atomic E-state index is 0.0129. The molecule has 2 unspecified atom stereocenters. The number of quaternary nitrogens is 1. The Balaban J connectivity index is 4.33. The molecule has 0 saturated carbocycles. The first-order valence-electron chi connectivity index (χ1n) is 22.7. The summed E-state index contributed by atoms with van der Waals surface area (Å²) in [6.07, 6.45) is 52.1. The number of allylic oxidation sites excluding steroid dienone is 12. The number of hydrogen-bond acceptors (Lipinski definition) is 7. The van der Waals surface area contributed by atoms with E-state index in [9.17, 15) is 14.3 Å². The van der Waals surface area contributed by atoms with Crippen LogP contribution in [0.4, 0.5) is 0 Å². The molecule has 0 rings (SSSR count). The highest BCUT2D eigenvalue weighted by molar-refractivity contribution is 7.45. The van der Waals surface area contributed by atoms with Crippen LogP contribution in [0.5, 0.6) is 0 Å². The van der Waals surface area contributed by atoms with Crippen molar-refractivity contribution in [2.75, 3.05) is 54.1 Å². The van der Waals surface area contributed by atoms with Gasteiger partial charge < -0.3 is 27.9 Å². The van der Waals surface area contributed by atoms with E-state index in [1.807, 2.05) is 21.1 Å². The summed E-state index contributed by atoms with van der Waals surface area (Å²) in [5, 5.41) is 0. The number of unbranched alkanes of at least 4 members (excludes halogenated alkanes) is 15. The zero-order chi connectivity index (χ0) is 42.0. The predicted octanol–water partition coefficient (Wildman–Crippen LogP) is 12.9. The molecule has 0 aromatic carbocycles. The number of ether oxygens (including phenoxy) is 2. The molecular weight excluding hydrogens is 734 g/mol. The maximum atomic E-state index is 12.7. The van der Waals surface area contributed by atoms with Crippen LogP contribution in [0.25, 0.3) is 0 Å². The molecule has 330 valence electrons. The Labute approximate surface area is 351 Å². The van der Waals surface area contributed by atoms with Crippen LogP contribution in [0.1, 0.15) is 168 Å². The first-order valence-corrected chi connectivity index (χ1v) is 24.1. The molecule has 0 aromatic rings. The van der Waals surface area contributed by atoms with Crippen molar-refractivity contribution in [2.24, 2.45) is 0 Å². The number of hydrogen-bond donors (Lipinski definition) is 0. The van der Waals surface area contributed by atoms with Crippen LogP contribution in [0, 0.1) is 0 Å². The largest absolute Gasteiger partial charge is 0.756 e. The third-order valence-electron chi connectivity index (χ3n) is 9.27. The Hall–Kier alpha value is -2.06. The lowest BCUT2D eigenvalue weighted by atomic mass is 10.0. The Morgan fingerprint density at radius 2 is 1.00 bits per heavy atom. The molecule has 0 heterocycles. The summed E-state index contributed by atoms with van der Waals surface area (Å²) in [6.45, 7) is 5.13. The highest BCUT2D eigenvalue weighted by Gasteiger charge is 2.20. The van der Waals surface area contributed by atoms with E-state index in [-0.39, 0.29) is 25.8 Å². The lowest BCUT2D eigenvalue weighted by Gasteiger charge is -2.28. The second-order valence-electron chi connectivity index (χ2n) is 16.0. The molecule has 0 aliphatic heterocycles. The van der Waals surface area contributed by atoms with E-state index in [1.165, 1.54) is 77.0 Å². The van der Waals surface area contributed by atoms with Gasteiger partial charge in [0.2, 0.25) is 0 Å². The van der Waals surface area contributed by atoms with E-state index in [0.29, 0.717) is 24.1 Å². The van der Waals surface area contributed by atoms with E-state index in [2.05, 4.69) is 86.8 Å². The molecule has 2 atom stereocenters. The average molecular weight is 820 g/mol. The summed E-state index contributed by atoms with van der Waals surface area (Å²) in [4.78, 5) is 25.1. The molecule has 8 nitrogen and oxygen atoms in total. The minimum atomic E-state index is -4.54. The predicted molar refractivity (Wildman–Crippen MR) is 240 cm³/mol. The Morgan fingerprint density at radius 3 is 1.46 bits per heavy atom. The number of rotatable bonds is 41. The fourth-order valence-electron chi connectivity index (χ4n) is 5.80. The monoisotopic (exact) mass is 820 g/mol. The van der Waals surface area contributed by atoms with Gasteiger partial charge in [0.25, 0.3) is 7.82 Å². The van der Waals surface area contributed by atoms with Gasteiger partial charge in [-0.3, -0.25) is 9.36 Å². The lowest BCUT2D eigenvalue weighted by molar-refractivity contribution is -0.870. The van der Waals surface area contributed by atoms with Crippen molar-refractivity contribution in [2.45, 2.75) is 174 Å². The molecule has 57 heavy (non-hydrogen) atoms. The van der Waals surface area contributed by atoms with E-state index in [1.54, 1.807) is 0 Å². The molecule has 0 bridgehead atoms. The highest BCUT2D eigenvalue weighted by atomic mass is 31.2. The normalized spacial score (nSPS) is 14.4. The molecule has 0 fully saturated rings. The lowest BCUT2D eigenvalue weighted by Crippen LogP contribution is -2.37. The summed E-state index contributed by atoms with van der Waals surface area (Å²) in [5.41, 5.74) is 0. The Morgan fingerprint density at radius 1 is 0.561 bits per heavy atom. The standard InChI is InChI=1S/C48H86NO7P/c1-6-8-10-12-14-16-18-20-22-23-24-25-26-28-30-32-34-36-38-40-43-53-45-47(46-55-57(51,52)54-44-42-49(3,4)5)56-48(50)41-39-37-35-33-31-29-27-21-19-17-15-13-11-9-7-2/h8,10,14,16,20,22,24-25,28,30,34,36,47H,6-7,9,11-13,15,17-19,21,23,26-27,29,31-33,35,37-46H2,1-5H3/b10-8-,16-14-,22-20-,25-24-,30-28-,36-34-. The van der Waals surface area contributed by atoms with Crippen molar-refractivity contribution in [1.82, 2.24) is 0 Å². The Bertz CT molecular complexity index is 1140. The molecule has 0 radical (unpaired) electrons. The molecule has 0 saturated heterocycles. The summed E-state index contributed by atoms with van der Waals surface area (Å²) in [7, 11) is 1.31. The van der Waals surface area contributed by atoms with Crippen LogP contribution in [-0.2, 0) is 27.9 Å². The fraction of sp³-hybridized carbons (Fsp3) is 0.729. The molecule has 0 aliphatic rings. The van der Waals surface area contributed by atoms with E-state index in [4.69, 9.17) is 18.5 Å². The Kier molecular flexibility index (Phi) is 39.2. The summed E-state index contributed by atoms with van der Waals surface area (Å²) in [6, 6.07) is 0. The maximum absolute atomic E-state index is 12.7. The van der Waals surface area contributed by atoms with Gasteiger partial charge in [0.15, 0.2) is 0 Å². The number of carbonyl (C=O) groups excluding carboxylic acids is 1. The molecule has 0 aliphatic carbocycles. The van der Waals surface area contributed by atoms with Crippen molar-refractivity contribution in [3.05, 3.63) is 72.9 Å². The highest BCUT2D eigenvalue weighted by Crippen LogP contribution is 2.38. The number of phosphoric acid groups is 1. The van der Waals surface area contributed by atoms with Crippen molar-refractivity contribution in [3.63, 3.8) is 0 Å². The smallest absolute Gasteiger partial charge is 0.306 e. The van der Waals surface area contributed by atoms with Gasteiger partial charge in [-0.05, 0) is 57.8 Å². The number of esters is 1. The van der Waals surface area contributed by atoms with Gasteiger partial charge in [-0.15, -0.1) is 0 Å².